The van der Waals surface area contributed by atoms with Crippen LogP contribution >= 0.6 is 0 Å². The summed E-state index contributed by atoms with van der Waals surface area (Å²) in [5.74, 6) is -0.475. The van der Waals surface area contributed by atoms with E-state index in [0.29, 0.717) is 6.61 Å². The number of hydrogen-bond donors (Lipinski definition) is 1. The fraction of sp³-hybridized carbons (Fsp3) is 0.364. The molecule has 0 aromatic heterocycles. The highest BCUT2D eigenvalue weighted by Gasteiger charge is 2.24. The summed E-state index contributed by atoms with van der Waals surface area (Å²) in [5.41, 5.74) is -0.370. The van der Waals surface area contributed by atoms with Crippen molar-refractivity contribution in [1.82, 2.24) is 5.32 Å². The number of carbonyl (C=O) groups is 1. The third-order valence-corrected chi connectivity index (χ3v) is 2.24. The van der Waals surface area contributed by atoms with E-state index in [1.807, 2.05) is 0 Å². The summed E-state index contributed by atoms with van der Waals surface area (Å²) in [6.45, 7) is 0.618. The van der Waals surface area contributed by atoms with Crippen molar-refractivity contribution in [3.63, 3.8) is 0 Å². The van der Waals surface area contributed by atoms with Crippen molar-refractivity contribution < 1.29 is 19.2 Å². The van der Waals surface area contributed by atoms with Gasteiger partial charge in [0.25, 0.3) is 5.91 Å². The lowest BCUT2D eigenvalue weighted by atomic mass is 10.1. The van der Waals surface area contributed by atoms with E-state index < -0.39 is 10.8 Å². The smallest absolute Gasteiger partial charge is 0.323 e. The molecule has 0 heterocycles. The van der Waals surface area contributed by atoms with Gasteiger partial charge in [0.2, 0.25) is 0 Å². The van der Waals surface area contributed by atoms with Crippen molar-refractivity contribution in [2.24, 2.45) is 0 Å². The first kappa shape index (κ1) is 13.9. The number of ether oxygens (including phenoxy) is 2. The van der Waals surface area contributed by atoms with E-state index in [9.17, 15) is 14.9 Å². The molecule has 0 saturated heterocycles. The lowest BCUT2D eigenvalue weighted by molar-refractivity contribution is -0.386. The molecule has 7 heteroatoms. The minimum absolute atomic E-state index is 0.0320. The summed E-state index contributed by atoms with van der Waals surface area (Å²) in [6.07, 6.45) is 0. The number of methoxy groups -OCH3 is 2. The van der Waals surface area contributed by atoms with Crippen LogP contribution in [0.4, 0.5) is 5.69 Å². The van der Waals surface area contributed by atoms with Crippen LogP contribution in [0.3, 0.4) is 0 Å². The zero-order valence-electron chi connectivity index (χ0n) is 10.1. The highest BCUT2D eigenvalue weighted by molar-refractivity contribution is 5.99. The summed E-state index contributed by atoms with van der Waals surface area (Å²) in [6, 6.07) is 4.34. The number of carbonyl (C=O) groups excluding carboxylic acids is 1. The van der Waals surface area contributed by atoms with Crippen LogP contribution in [0.15, 0.2) is 18.2 Å². The summed E-state index contributed by atoms with van der Waals surface area (Å²) >= 11 is 0. The predicted molar refractivity (Wildman–Crippen MR) is 63.9 cm³/mol. The molecule has 1 N–H and O–H groups in total. The van der Waals surface area contributed by atoms with E-state index in [0.717, 1.165) is 0 Å². The van der Waals surface area contributed by atoms with Crippen molar-refractivity contribution in [2.45, 2.75) is 0 Å². The minimum Gasteiger partial charge on any atom is -0.490 e. The number of nitrogens with one attached hydrogen (secondary N) is 1. The molecule has 1 aromatic carbocycles. The Bertz CT molecular complexity index is 447. The van der Waals surface area contributed by atoms with E-state index in [2.05, 4.69) is 5.32 Å². The zero-order valence-corrected chi connectivity index (χ0v) is 10.1. The largest absolute Gasteiger partial charge is 0.490 e. The molecule has 0 spiro atoms. The average Bonchev–Trinajstić information content (AvgIpc) is 2.37. The van der Waals surface area contributed by atoms with Gasteiger partial charge in [-0.25, -0.2) is 0 Å². The van der Waals surface area contributed by atoms with Crippen LogP contribution in [0.25, 0.3) is 0 Å². The van der Waals surface area contributed by atoms with Gasteiger partial charge < -0.3 is 14.8 Å². The van der Waals surface area contributed by atoms with E-state index in [4.69, 9.17) is 9.47 Å². The Morgan fingerprint density at radius 2 is 2.17 bits per heavy atom. The molecule has 0 atom stereocenters. The number of hydrogen-bond acceptors (Lipinski definition) is 5. The minimum atomic E-state index is -0.635. The molecule has 1 aromatic rings. The second-order valence-electron chi connectivity index (χ2n) is 3.36. The molecule has 0 aliphatic carbocycles. The van der Waals surface area contributed by atoms with Crippen LogP contribution in [0.1, 0.15) is 10.4 Å². The number of amides is 1. The normalized spacial score (nSPS) is 9.89. The van der Waals surface area contributed by atoms with Gasteiger partial charge in [0.1, 0.15) is 5.56 Å². The van der Waals surface area contributed by atoms with Crippen molar-refractivity contribution in [3.8, 4) is 5.75 Å². The van der Waals surface area contributed by atoms with Crippen LogP contribution in [0, 0.1) is 10.1 Å². The molecule has 0 unspecified atom stereocenters. The Morgan fingerprint density at radius 3 is 2.72 bits per heavy atom. The predicted octanol–water partition coefficient (Wildman–Crippen LogP) is 0.980. The van der Waals surface area contributed by atoms with Gasteiger partial charge in [-0.05, 0) is 12.1 Å². The summed E-state index contributed by atoms with van der Waals surface area (Å²) in [7, 11) is 2.81. The maximum Gasteiger partial charge on any atom is 0.323 e. The fourth-order valence-electron chi connectivity index (χ4n) is 1.42. The first-order valence-electron chi connectivity index (χ1n) is 5.20. The molecular weight excluding hydrogens is 240 g/mol. The highest BCUT2D eigenvalue weighted by atomic mass is 16.6. The van der Waals surface area contributed by atoms with Crippen molar-refractivity contribution in [1.29, 1.82) is 0 Å². The Morgan fingerprint density at radius 1 is 1.44 bits per heavy atom. The highest BCUT2D eigenvalue weighted by Crippen LogP contribution is 2.30. The molecule has 0 fully saturated rings. The quantitative estimate of drug-likeness (QED) is 0.464. The Labute approximate surface area is 104 Å². The van der Waals surface area contributed by atoms with E-state index >= 15 is 0 Å². The third kappa shape index (κ3) is 3.17. The molecule has 98 valence electrons. The lowest BCUT2D eigenvalue weighted by Gasteiger charge is -2.07. The van der Waals surface area contributed by atoms with Gasteiger partial charge in [-0.3, -0.25) is 14.9 Å². The zero-order chi connectivity index (χ0) is 13.5. The van der Waals surface area contributed by atoms with Gasteiger partial charge >= 0.3 is 5.69 Å². The standard InChI is InChI=1S/C11H14N2O5/c1-17-7-6-12-11(14)8-4-3-5-9(18-2)10(8)13(15)16/h3-5H,6-7H2,1-2H3,(H,12,14). The maximum atomic E-state index is 11.8. The molecule has 0 bridgehead atoms. The monoisotopic (exact) mass is 254 g/mol. The van der Waals surface area contributed by atoms with Gasteiger partial charge in [0.15, 0.2) is 5.75 Å². The summed E-state index contributed by atoms with van der Waals surface area (Å²) in [5, 5.41) is 13.5. The number of nitro benzene ring substituents is 1. The lowest BCUT2D eigenvalue weighted by Crippen LogP contribution is -2.27. The van der Waals surface area contributed by atoms with Crippen molar-refractivity contribution in [2.75, 3.05) is 27.4 Å². The van der Waals surface area contributed by atoms with E-state index in [-0.39, 0.29) is 23.5 Å². The SMILES string of the molecule is COCCNC(=O)c1cccc(OC)c1[N+](=O)[O-]. The molecule has 0 aliphatic rings. The van der Waals surface area contributed by atoms with Crippen LogP contribution in [-0.2, 0) is 4.74 Å². The van der Waals surface area contributed by atoms with Crippen LogP contribution in [0.5, 0.6) is 5.75 Å². The molecule has 1 amide bonds. The van der Waals surface area contributed by atoms with Crippen LogP contribution in [0.2, 0.25) is 0 Å². The van der Waals surface area contributed by atoms with Gasteiger partial charge in [0.05, 0.1) is 18.6 Å². The number of nitro groups is 1. The number of para-hydroxylation sites is 1. The molecule has 0 aliphatic heterocycles. The van der Waals surface area contributed by atoms with E-state index in [1.165, 1.54) is 32.4 Å². The molecular formula is C11H14N2O5. The maximum absolute atomic E-state index is 11.8. The Hall–Kier alpha value is -2.15. The first-order valence-corrected chi connectivity index (χ1v) is 5.20. The number of benzene rings is 1. The van der Waals surface area contributed by atoms with Crippen LogP contribution in [-0.4, -0.2) is 38.2 Å². The van der Waals surface area contributed by atoms with Gasteiger partial charge in [0, 0.05) is 13.7 Å². The molecule has 7 nitrogen and oxygen atoms in total. The number of rotatable bonds is 6. The third-order valence-electron chi connectivity index (χ3n) is 2.24. The second-order valence-corrected chi connectivity index (χ2v) is 3.36. The summed E-state index contributed by atoms with van der Waals surface area (Å²) < 4.78 is 9.65. The number of nitrogens with zero attached hydrogens (tertiary/aromatic N) is 1. The van der Waals surface area contributed by atoms with Crippen LogP contribution < -0.4 is 10.1 Å². The topological polar surface area (TPSA) is 90.7 Å². The average molecular weight is 254 g/mol. The first-order chi connectivity index (χ1) is 8.61. The van der Waals surface area contributed by atoms with Crippen molar-refractivity contribution in [3.05, 3.63) is 33.9 Å². The molecule has 18 heavy (non-hydrogen) atoms. The van der Waals surface area contributed by atoms with Gasteiger partial charge in [-0.1, -0.05) is 6.07 Å². The van der Waals surface area contributed by atoms with Crippen molar-refractivity contribution >= 4 is 11.6 Å². The Balaban J connectivity index is 3.00. The van der Waals surface area contributed by atoms with Gasteiger partial charge in [-0.15, -0.1) is 0 Å². The molecule has 0 radical (unpaired) electrons. The van der Waals surface area contributed by atoms with Gasteiger partial charge in [-0.2, -0.15) is 0 Å². The Kier molecular flexibility index (Phi) is 5.06. The molecule has 1 rings (SSSR count). The summed E-state index contributed by atoms with van der Waals surface area (Å²) in [4.78, 5) is 22.1. The fourth-order valence-corrected chi connectivity index (χ4v) is 1.42. The second kappa shape index (κ2) is 6.55. The molecule has 0 saturated carbocycles. The van der Waals surface area contributed by atoms with E-state index in [1.54, 1.807) is 0 Å².